The number of hydrogen-bond donors (Lipinski definition) is 1. The molecule has 0 radical (unpaired) electrons. The summed E-state index contributed by atoms with van der Waals surface area (Å²) in [6, 6.07) is 2.90. The third-order valence-corrected chi connectivity index (χ3v) is 1.54. The Hall–Kier alpha value is -1.78. The topological polar surface area (TPSA) is 59.6 Å². The van der Waals surface area contributed by atoms with E-state index in [1.165, 1.54) is 32.5 Å². The highest BCUT2D eigenvalue weighted by Crippen LogP contribution is 2.08. The lowest BCUT2D eigenvalue weighted by Gasteiger charge is -1.98. The Labute approximate surface area is 88.8 Å². The molecule has 0 atom stereocenters. The van der Waals surface area contributed by atoms with E-state index in [0.717, 1.165) is 0 Å². The van der Waals surface area contributed by atoms with Crippen molar-refractivity contribution in [2.24, 2.45) is 0 Å². The summed E-state index contributed by atoms with van der Waals surface area (Å²) in [6.45, 7) is 4.00. The van der Waals surface area contributed by atoms with Gasteiger partial charge in [0.1, 0.15) is 5.75 Å². The molecule has 0 unspecified atom stereocenters. The minimum atomic E-state index is -0.624. The van der Waals surface area contributed by atoms with Gasteiger partial charge in [-0.2, -0.15) is 0 Å². The molecule has 0 aromatic carbocycles. The van der Waals surface area contributed by atoms with Gasteiger partial charge in [0, 0.05) is 10.8 Å². The van der Waals surface area contributed by atoms with Gasteiger partial charge in [0.25, 0.3) is 0 Å². The summed E-state index contributed by atoms with van der Waals surface area (Å²) in [5.41, 5.74) is 0.0156. The van der Waals surface area contributed by atoms with E-state index in [4.69, 9.17) is 4.74 Å². The van der Waals surface area contributed by atoms with E-state index in [0.29, 0.717) is 10.5 Å². The van der Waals surface area contributed by atoms with Crippen LogP contribution in [0.1, 0.15) is 24.3 Å². The van der Waals surface area contributed by atoms with Crippen molar-refractivity contribution in [1.82, 2.24) is 0 Å². The lowest BCUT2D eigenvalue weighted by Crippen LogP contribution is -2.37. The van der Waals surface area contributed by atoms with E-state index in [2.05, 4.69) is 4.74 Å². The third kappa shape index (κ3) is 3.46. The highest BCUT2D eigenvalue weighted by atomic mass is 16.5. The van der Waals surface area contributed by atoms with Crippen LogP contribution in [0.3, 0.4) is 0 Å². The summed E-state index contributed by atoms with van der Waals surface area (Å²) < 4.78 is 9.99. The van der Waals surface area contributed by atoms with Crippen molar-refractivity contribution in [2.45, 2.75) is 13.8 Å². The first kappa shape index (κ1) is 13.2. The van der Waals surface area contributed by atoms with Crippen molar-refractivity contribution in [3.63, 3.8) is 0 Å². The molecule has 1 aromatic heterocycles. The predicted octanol–water partition coefficient (Wildman–Crippen LogP) is 1.03. The fourth-order valence-corrected chi connectivity index (χ4v) is 0.857. The molecule has 0 saturated carbocycles. The Morgan fingerprint density at radius 1 is 1.40 bits per heavy atom. The maximum absolute atomic E-state index is 11.0. The molecule has 0 saturated heterocycles. The first-order chi connectivity index (χ1) is 7.19. The lowest BCUT2D eigenvalue weighted by atomic mass is 10.3. The van der Waals surface area contributed by atoms with Gasteiger partial charge in [0.2, 0.25) is 6.20 Å². The van der Waals surface area contributed by atoms with Crippen LogP contribution in [0.5, 0.6) is 5.75 Å². The number of rotatable bonds is 2. The molecule has 0 aliphatic rings. The van der Waals surface area contributed by atoms with E-state index in [-0.39, 0.29) is 5.69 Å². The molecule has 0 aliphatic carbocycles. The minimum absolute atomic E-state index is 0.0156. The zero-order valence-electron chi connectivity index (χ0n) is 9.35. The van der Waals surface area contributed by atoms with E-state index in [1.54, 1.807) is 0 Å². The van der Waals surface area contributed by atoms with Crippen LogP contribution >= 0.6 is 0 Å². The SMILES string of the molecule is CC.COC(=O)c1cc(OC)cc[n+]1O. The monoisotopic (exact) mass is 214 g/mol. The molecule has 84 valence electrons. The summed E-state index contributed by atoms with van der Waals surface area (Å²) in [5, 5.41) is 9.19. The first-order valence-electron chi connectivity index (χ1n) is 4.56. The quantitative estimate of drug-likeness (QED) is 0.454. The second kappa shape index (κ2) is 6.64. The standard InChI is InChI=1S/C8H10NO4.C2H6/c1-12-6-3-4-9(11)7(5-6)8(10)13-2;1-2/h3-5,11H,1-2H3;1-2H3/q+1;. The van der Waals surface area contributed by atoms with Crippen LogP contribution in [0.15, 0.2) is 18.3 Å². The van der Waals surface area contributed by atoms with Gasteiger partial charge < -0.3 is 9.47 Å². The van der Waals surface area contributed by atoms with Crippen molar-refractivity contribution in [3.8, 4) is 5.75 Å². The summed E-state index contributed by atoms with van der Waals surface area (Å²) in [5.74, 6) is -0.146. The van der Waals surface area contributed by atoms with E-state index < -0.39 is 5.97 Å². The van der Waals surface area contributed by atoms with Gasteiger partial charge >= 0.3 is 11.7 Å². The van der Waals surface area contributed by atoms with Crippen LogP contribution in [0.4, 0.5) is 0 Å². The zero-order valence-corrected chi connectivity index (χ0v) is 9.35. The van der Waals surface area contributed by atoms with Crippen LogP contribution < -0.4 is 9.47 Å². The van der Waals surface area contributed by atoms with Crippen LogP contribution in [0.25, 0.3) is 0 Å². The van der Waals surface area contributed by atoms with Gasteiger partial charge in [0.05, 0.1) is 20.3 Å². The van der Waals surface area contributed by atoms with E-state index >= 15 is 0 Å². The number of methoxy groups -OCH3 is 2. The molecule has 15 heavy (non-hydrogen) atoms. The third-order valence-electron chi connectivity index (χ3n) is 1.54. The number of ether oxygens (including phenoxy) is 2. The number of nitrogens with zero attached hydrogens (tertiary/aromatic N) is 1. The van der Waals surface area contributed by atoms with Crippen molar-refractivity contribution in [1.29, 1.82) is 0 Å². The molecule has 1 rings (SSSR count). The number of pyridine rings is 1. The van der Waals surface area contributed by atoms with Crippen LogP contribution in [-0.4, -0.2) is 25.4 Å². The second-order valence-electron chi connectivity index (χ2n) is 2.29. The first-order valence-corrected chi connectivity index (χ1v) is 4.56. The second-order valence-corrected chi connectivity index (χ2v) is 2.29. The van der Waals surface area contributed by atoms with E-state index in [9.17, 15) is 10.0 Å². The molecule has 1 heterocycles. The highest BCUT2D eigenvalue weighted by molar-refractivity contribution is 5.85. The Balaban J connectivity index is 0.000000921. The van der Waals surface area contributed by atoms with Crippen molar-refractivity contribution >= 4 is 5.97 Å². The molecule has 5 heteroatoms. The summed E-state index contributed by atoms with van der Waals surface area (Å²) in [4.78, 5) is 11.0. The molecule has 0 amide bonds. The number of carbonyl (C=O) groups excluding carboxylic acids is 1. The van der Waals surface area contributed by atoms with Gasteiger partial charge in [-0.05, 0) is 0 Å². The normalized spacial score (nSPS) is 8.53. The van der Waals surface area contributed by atoms with Crippen LogP contribution in [-0.2, 0) is 4.74 Å². The maximum Gasteiger partial charge on any atom is 0.408 e. The van der Waals surface area contributed by atoms with Crippen molar-refractivity contribution in [2.75, 3.05) is 14.2 Å². The molecule has 1 aromatic rings. The molecule has 1 N–H and O–H groups in total. The van der Waals surface area contributed by atoms with Gasteiger partial charge in [-0.3, -0.25) is 5.21 Å². The average molecular weight is 214 g/mol. The summed E-state index contributed by atoms with van der Waals surface area (Å²) in [7, 11) is 2.71. The largest absolute Gasteiger partial charge is 0.496 e. The molecule has 0 fully saturated rings. The fraction of sp³-hybridized carbons (Fsp3) is 0.400. The molecule has 5 nitrogen and oxygen atoms in total. The van der Waals surface area contributed by atoms with Crippen LogP contribution in [0.2, 0.25) is 0 Å². The number of hydrogen-bond acceptors (Lipinski definition) is 4. The molecule has 0 bridgehead atoms. The summed E-state index contributed by atoms with van der Waals surface area (Å²) >= 11 is 0. The van der Waals surface area contributed by atoms with Gasteiger partial charge in [-0.15, -0.1) is 0 Å². The minimum Gasteiger partial charge on any atom is -0.496 e. The van der Waals surface area contributed by atoms with Gasteiger partial charge in [-0.25, -0.2) is 4.79 Å². The average Bonchev–Trinajstić information content (AvgIpc) is 2.31. The highest BCUT2D eigenvalue weighted by Gasteiger charge is 2.21. The van der Waals surface area contributed by atoms with Gasteiger partial charge in [-0.1, -0.05) is 13.8 Å². The van der Waals surface area contributed by atoms with Crippen molar-refractivity contribution < 1.29 is 24.2 Å². The number of carbonyl (C=O) groups is 1. The Bertz CT molecular complexity index is 325. The van der Waals surface area contributed by atoms with Gasteiger partial charge in [0.15, 0.2) is 0 Å². The Morgan fingerprint density at radius 2 is 2.00 bits per heavy atom. The smallest absolute Gasteiger partial charge is 0.408 e. The molecular weight excluding hydrogens is 198 g/mol. The molecule has 0 aliphatic heterocycles. The number of aromatic nitrogens is 1. The van der Waals surface area contributed by atoms with Crippen LogP contribution in [0, 0.1) is 0 Å². The van der Waals surface area contributed by atoms with Crippen molar-refractivity contribution in [3.05, 3.63) is 24.0 Å². The predicted molar refractivity (Wildman–Crippen MR) is 53.1 cm³/mol. The molecular formula is C10H16NO4+. The fourth-order valence-electron chi connectivity index (χ4n) is 0.857. The molecule has 0 spiro atoms. The zero-order chi connectivity index (χ0) is 11.8. The van der Waals surface area contributed by atoms with E-state index in [1.807, 2.05) is 13.8 Å². The lowest BCUT2D eigenvalue weighted by molar-refractivity contribution is -0.906. The Kier molecular flexibility index (Phi) is 5.85. The maximum atomic E-state index is 11.0. The summed E-state index contributed by atoms with van der Waals surface area (Å²) in [6.07, 6.45) is 1.30. The number of esters is 1. The Morgan fingerprint density at radius 3 is 2.47 bits per heavy atom.